The first-order valence-electron chi connectivity index (χ1n) is 9.58. The summed E-state index contributed by atoms with van der Waals surface area (Å²) in [6, 6.07) is 17.4. The molecule has 2 rings (SSSR count). The van der Waals surface area contributed by atoms with Crippen LogP contribution in [0.25, 0.3) is 0 Å². The molecule has 0 aromatic heterocycles. The Balaban J connectivity index is 1.90. The van der Waals surface area contributed by atoms with Crippen molar-refractivity contribution in [2.75, 3.05) is 12.3 Å². The molecule has 0 unspecified atom stereocenters. The van der Waals surface area contributed by atoms with E-state index in [-0.39, 0.29) is 29.7 Å². The third kappa shape index (κ3) is 9.50. The molecule has 0 bridgehead atoms. The number of rotatable bonds is 9. The lowest BCUT2D eigenvalue weighted by Crippen LogP contribution is -2.37. The third-order valence-corrected chi connectivity index (χ3v) is 6.04. The number of carbonyl (C=O) groups is 2. The maximum atomic E-state index is 12.8. The molecule has 0 aliphatic heterocycles. The number of hydrogen-bond donors (Lipinski definition) is 1. The van der Waals surface area contributed by atoms with Crippen molar-refractivity contribution in [2.24, 2.45) is 5.92 Å². The number of hydrogen-bond acceptors (Lipinski definition) is 4. The van der Waals surface area contributed by atoms with E-state index in [1.54, 1.807) is 11.8 Å². The molecule has 0 heterocycles. The molecule has 1 N–H and O–H groups in total. The number of amides is 1. The molecular formula is C23H28BrNO3S. The van der Waals surface area contributed by atoms with E-state index in [9.17, 15) is 9.59 Å². The zero-order chi connectivity index (χ0) is 21.3. The summed E-state index contributed by atoms with van der Waals surface area (Å²) in [6.45, 7) is 6.48. The molecule has 0 radical (unpaired) electrons. The molecule has 2 aromatic carbocycles. The fourth-order valence-corrected chi connectivity index (χ4v) is 4.04. The van der Waals surface area contributed by atoms with Crippen LogP contribution in [-0.2, 0) is 27.4 Å². The van der Waals surface area contributed by atoms with Crippen molar-refractivity contribution in [3.63, 3.8) is 0 Å². The average Bonchev–Trinajstić information content (AvgIpc) is 2.68. The van der Waals surface area contributed by atoms with Crippen molar-refractivity contribution in [3.05, 3.63) is 70.2 Å². The highest BCUT2D eigenvalue weighted by Crippen LogP contribution is 2.27. The number of esters is 1. The average molecular weight is 478 g/mol. The number of benzene rings is 2. The summed E-state index contributed by atoms with van der Waals surface area (Å²) >= 11 is 5.23. The fourth-order valence-electron chi connectivity index (χ4n) is 2.62. The van der Waals surface area contributed by atoms with Crippen molar-refractivity contribution < 1.29 is 14.3 Å². The van der Waals surface area contributed by atoms with Crippen molar-refractivity contribution in [3.8, 4) is 0 Å². The number of ether oxygens (including phenoxy) is 1. The Morgan fingerprint density at radius 1 is 1.07 bits per heavy atom. The summed E-state index contributed by atoms with van der Waals surface area (Å²) < 4.78 is 6.29. The van der Waals surface area contributed by atoms with Crippen LogP contribution in [0.1, 0.15) is 31.9 Å². The van der Waals surface area contributed by atoms with Crippen LogP contribution in [0.2, 0.25) is 0 Å². The largest absolute Gasteiger partial charge is 0.460 e. The smallest absolute Gasteiger partial charge is 0.325 e. The highest BCUT2D eigenvalue weighted by atomic mass is 79.9. The van der Waals surface area contributed by atoms with Crippen molar-refractivity contribution >= 4 is 39.6 Å². The van der Waals surface area contributed by atoms with Crippen LogP contribution in [0.5, 0.6) is 0 Å². The molecule has 1 atom stereocenters. The van der Waals surface area contributed by atoms with Gasteiger partial charge in [-0.1, -0.05) is 79.2 Å². The highest BCUT2D eigenvalue weighted by Gasteiger charge is 2.23. The van der Waals surface area contributed by atoms with E-state index in [4.69, 9.17) is 4.74 Å². The number of thioether (sulfide) groups is 1. The van der Waals surface area contributed by atoms with Gasteiger partial charge >= 0.3 is 5.97 Å². The van der Waals surface area contributed by atoms with Crippen LogP contribution in [0.15, 0.2) is 59.1 Å². The summed E-state index contributed by atoms with van der Waals surface area (Å²) in [6.07, 6.45) is 0.618. The van der Waals surface area contributed by atoms with E-state index in [2.05, 4.69) is 42.0 Å². The zero-order valence-electron chi connectivity index (χ0n) is 17.1. The Hall–Kier alpha value is -1.79. The minimum Gasteiger partial charge on any atom is -0.460 e. The first-order chi connectivity index (χ1) is 13.7. The predicted molar refractivity (Wildman–Crippen MR) is 123 cm³/mol. The van der Waals surface area contributed by atoms with Gasteiger partial charge < -0.3 is 10.1 Å². The summed E-state index contributed by atoms with van der Waals surface area (Å²) in [5.74, 6) is -0.110. The van der Waals surface area contributed by atoms with Gasteiger partial charge in [-0.15, -0.1) is 0 Å². The van der Waals surface area contributed by atoms with Crippen LogP contribution in [0.4, 0.5) is 0 Å². The Kier molecular flexibility index (Phi) is 9.24. The number of halogens is 1. The van der Waals surface area contributed by atoms with Crippen LogP contribution in [0, 0.1) is 5.92 Å². The number of carbonyl (C=O) groups excluding carboxylic acids is 2. The summed E-state index contributed by atoms with van der Waals surface area (Å²) in [5.41, 5.74) is 2.00. The minimum atomic E-state index is -0.438. The molecule has 0 aliphatic carbocycles. The first kappa shape index (κ1) is 23.5. The Labute approximate surface area is 185 Å². The van der Waals surface area contributed by atoms with Gasteiger partial charge in [0.1, 0.15) is 13.2 Å². The molecule has 6 heteroatoms. The molecule has 4 nitrogen and oxygen atoms in total. The van der Waals surface area contributed by atoms with Gasteiger partial charge in [-0.05, 0) is 29.7 Å². The second-order valence-corrected chi connectivity index (χ2v) is 10.6. The first-order valence-corrected chi connectivity index (χ1v) is 11.4. The maximum absolute atomic E-state index is 12.8. The second-order valence-electron chi connectivity index (χ2n) is 7.82. The van der Waals surface area contributed by atoms with E-state index >= 15 is 0 Å². The lowest BCUT2D eigenvalue weighted by atomic mass is 10.0. The molecule has 0 spiro atoms. The monoisotopic (exact) mass is 477 g/mol. The van der Waals surface area contributed by atoms with Gasteiger partial charge in [0.2, 0.25) is 5.91 Å². The van der Waals surface area contributed by atoms with Gasteiger partial charge in [-0.2, -0.15) is 11.8 Å². The fraction of sp³-hybridized carbons (Fsp3) is 0.391. The van der Waals surface area contributed by atoms with Crippen LogP contribution in [0.3, 0.4) is 0 Å². The molecule has 2 aromatic rings. The minimum absolute atomic E-state index is 0.0599. The van der Waals surface area contributed by atoms with Crippen LogP contribution < -0.4 is 5.32 Å². The topological polar surface area (TPSA) is 55.4 Å². The molecular weight excluding hydrogens is 450 g/mol. The van der Waals surface area contributed by atoms with E-state index < -0.39 is 5.97 Å². The van der Waals surface area contributed by atoms with Crippen molar-refractivity contribution in [2.45, 2.75) is 38.5 Å². The van der Waals surface area contributed by atoms with Crippen LogP contribution >= 0.6 is 27.7 Å². The molecule has 156 valence electrons. The predicted octanol–water partition coefficient (Wildman–Crippen LogP) is 5.00. The quantitative estimate of drug-likeness (QED) is 0.516. The van der Waals surface area contributed by atoms with E-state index in [0.717, 1.165) is 15.6 Å². The van der Waals surface area contributed by atoms with Crippen molar-refractivity contribution in [1.82, 2.24) is 5.32 Å². The molecule has 1 amide bonds. The SMILES string of the molecule is CC(C)(C)SC[C@@H](Cc1cccc(Br)c1)C(=O)NCC(=O)OCc1ccccc1. The lowest BCUT2D eigenvalue weighted by molar-refractivity contribution is -0.145. The van der Waals surface area contributed by atoms with Gasteiger partial charge in [0, 0.05) is 15.0 Å². The molecule has 0 aliphatic rings. The normalized spacial score (nSPS) is 12.3. The summed E-state index contributed by atoms with van der Waals surface area (Å²) in [4.78, 5) is 24.8. The van der Waals surface area contributed by atoms with Crippen LogP contribution in [-0.4, -0.2) is 28.9 Å². The zero-order valence-corrected chi connectivity index (χ0v) is 19.5. The van der Waals surface area contributed by atoms with E-state index in [0.29, 0.717) is 12.2 Å². The van der Waals surface area contributed by atoms with Crippen molar-refractivity contribution in [1.29, 1.82) is 0 Å². The Morgan fingerprint density at radius 3 is 2.41 bits per heavy atom. The molecule has 0 saturated heterocycles. The number of nitrogens with one attached hydrogen (secondary N) is 1. The Bertz CT molecular complexity index is 805. The third-order valence-electron chi connectivity index (χ3n) is 4.11. The summed E-state index contributed by atoms with van der Waals surface area (Å²) in [7, 11) is 0. The van der Waals surface area contributed by atoms with E-state index in [1.165, 1.54) is 0 Å². The van der Waals surface area contributed by atoms with Gasteiger partial charge in [-0.3, -0.25) is 9.59 Å². The highest BCUT2D eigenvalue weighted by molar-refractivity contribution is 9.10. The van der Waals surface area contributed by atoms with Gasteiger partial charge in [-0.25, -0.2) is 0 Å². The molecule has 29 heavy (non-hydrogen) atoms. The molecule has 0 fully saturated rings. The van der Waals surface area contributed by atoms with Gasteiger partial charge in [0.15, 0.2) is 0 Å². The second kappa shape index (κ2) is 11.4. The van der Waals surface area contributed by atoms with Gasteiger partial charge in [0.25, 0.3) is 0 Å². The Morgan fingerprint density at radius 2 is 1.76 bits per heavy atom. The van der Waals surface area contributed by atoms with Gasteiger partial charge in [0.05, 0.1) is 5.92 Å². The molecule has 0 saturated carbocycles. The standard InChI is InChI=1S/C23H28BrNO3S/c1-23(2,3)29-16-19(12-18-10-7-11-20(24)13-18)22(27)25-14-21(26)28-15-17-8-5-4-6-9-17/h4-11,13,19H,12,14-16H2,1-3H3,(H,25,27)/t19-/m1/s1. The lowest BCUT2D eigenvalue weighted by Gasteiger charge is -2.22. The van der Waals surface area contributed by atoms with E-state index in [1.807, 2.05) is 54.6 Å². The summed E-state index contributed by atoms with van der Waals surface area (Å²) in [5, 5.41) is 2.75. The maximum Gasteiger partial charge on any atom is 0.325 e.